The zero-order valence-corrected chi connectivity index (χ0v) is 41.9. The van der Waals surface area contributed by atoms with Crippen molar-refractivity contribution in [1.29, 1.82) is 0 Å². The van der Waals surface area contributed by atoms with Gasteiger partial charge >= 0.3 is 0 Å². The first-order valence-corrected chi connectivity index (χ1v) is 25.8. The lowest BCUT2D eigenvalue weighted by Crippen LogP contribution is -2.60. The number of aryl methyl sites for hydroxylation is 1. The minimum Gasteiger partial charge on any atom is -0.311 e. The molecule has 10 aromatic carbocycles. The van der Waals surface area contributed by atoms with Crippen molar-refractivity contribution in [2.75, 3.05) is 9.80 Å². The van der Waals surface area contributed by atoms with Crippen LogP contribution in [0.1, 0.15) is 65.2 Å². The molecule has 2 aliphatic rings. The van der Waals surface area contributed by atoms with E-state index in [0.29, 0.717) is 0 Å². The number of benzene rings is 10. The molecule has 11 aromatic rings. The Morgan fingerprint density at radius 1 is 0.429 bits per heavy atom. The molecule has 70 heavy (non-hydrogen) atoms. The second-order valence-electron chi connectivity index (χ2n) is 21.6. The van der Waals surface area contributed by atoms with Gasteiger partial charge in [-0.2, -0.15) is 0 Å². The van der Waals surface area contributed by atoms with Crippen molar-refractivity contribution in [3.63, 3.8) is 0 Å². The molecular formula is C66H55BN2S. The molecular weight excluding hydrogens is 864 g/mol. The van der Waals surface area contributed by atoms with Crippen LogP contribution in [0, 0.1) is 0 Å². The van der Waals surface area contributed by atoms with Gasteiger partial charge in [0.2, 0.25) is 0 Å². The van der Waals surface area contributed by atoms with Crippen LogP contribution in [0.15, 0.2) is 194 Å². The molecule has 0 bridgehead atoms. The summed E-state index contributed by atoms with van der Waals surface area (Å²) < 4.78 is 2.72. The van der Waals surface area contributed by atoms with Crippen LogP contribution in [0.25, 0.3) is 64.7 Å². The second kappa shape index (κ2) is 15.8. The number of anilines is 6. The Kier molecular flexibility index (Phi) is 9.65. The van der Waals surface area contributed by atoms with E-state index in [9.17, 15) is 0 Å². The summed E-state index contributed by atoms with van der Waals surface area (Å²) >= 11 is 1.97. The normalized spacial score (nSPS) is 13.3. The van der Waals surface area contributed by atoms with Gasteiger partial charge in [0, 0.05) is 43.2 Å². The number of hydrogen-bond donors (Lipinski definition) is 0. The first-order valence-electron chi connectivity index (χ1n) is 25.0. The zero-order valence-electron chi connectivity index (χ0n) is 41.1. The van der Waals surface area contributed by atoms with E-state index < -0.39 is 0 Å². The first-order chi connectivity index (χ1) is 33.9. The molecule has 2 nitrogen and oxygen atoms in total. The second-order valence-corrected chi connectivity index (χ2v) is 22.7. The van der Waals surface area contributed by atoms with Gasteiger partial charge in [-0.15, -0.1) is 11.3 Å². The van der Waals surface area contributed by atoms with Crippen LogP contribution in [-0.4, -0.2) is 6.71 Å². The average molecular weight is 919 g/mol. The Morgan fingerprint density at radius 3 is 1.70 bits per heavy atom. The fraction of sp³-hybridized carbons (Fsp3) is 0.152. The number of thiophene rings is 1. The standard InChI is InChI=1S/C66H55BN2S/c1-8-41-25-31-47(32-26-41)68-58-23-16-24-59-62(58)67(64-63(68)55-40-46(66(5,6)7)30-36-61(55)70-64)56-34-28-43(42-17-10-9-11-18-42)38-60(56)69(59)57-35-29-45(65(2,3)4)39-53(57)44-27-33-52-50-21-13-12-19-48(50)49-20-14-15-22-51(49)54(52)37-44/h9-40H,8H2,1-7H3. The van der Waals surface area contributed by atoms with Gasteiger partial charge in [-0.1, -0.05) is 182 Å². The van der Waals surface area contributed by atoms with E-state index >= 15 is 0 Å². The smallest absolute Gasteiger partial charge is 0.264 e. The molecule has 0 fully saturated rings. The Morgan fingerprint density at radius 2 is 1.03 bits per heavy atom. The van der Waals surface area contributed by atoms with Crippen molar-refractivity contribution >= 4 is 110 Å². The Bertz CT molecular complexity index is 3870. The van der Waals surface area contributed by atoms with E-state index in [-0.39, 0.29) is 17.5 Å². The molecule has 0 unspecified atom stereocenters. The first kappa shape index (κ1) is 42.7. The van der Waals surface area contributed by atoms with E-state index in [1.54, 1.807) is 0 Å². The lowest BCUT2D eigenvalue weighted by atomic mass is 9.36. The molecule has 0 aliphatic carbocycles. The molecule has 0 N–H and O–H groups in total. The molecule has 4 heteroatoms. The fourth-order valence-corrected chi connectivity index (χ4v) is 12.9. The summed E-state index contributed by atoms with van der Waals surface area (Å²) in [6.45, 7) is 16.3. The molecule has 2 aliphatic heterocycles. The number of rotatable bonds is 5. The zero-order chi connectivity index (χ0) is 47.6. The van der Waals surface area contributed by atoms with Gasteiger partial charge in [0.15, 0.2) is 0 Å². The minimum absolute atomic E-state index is 0.00824. The summed E-state index contributed by atoms with van der Waals surface area (Å²) in [7, 11) is 0. The Hall–Kier alpha value is -7.40. The van der Waals surface area contributed by atoms with E-state index in [1.165, 1.54) is 131 Å². The third-order valence-electron chi connectivity index (χ3n) is 15.3. The van der Waals surface area contributed by atoms with Crippen molar-refractivity contribution in [2.45, 2.75) is 65.7 Å². The molecule has 0 radical (unpaired) electrons. The molecule has 0 saturated carbocycles. The van der Waals surface area contributed by atoms with Crippen molar-refractivity contribution < 1.29 is 0 Å². The maximum Gasteiger partial charge on any atom is 0.264 e. The van der Waals surface area contributed by atoms with Crippen LogP contribution in [0.4, 0.5) is 34.1 Å². The van der Waals surface area contributed by atoms with Crippen molar-refractivity contribution in [3.8, 4) is 22.3 Å². The van der Waals surface area contributed by atoms with E-state index in [1.807, 2.05) is 11.3 Å². The predicted molar refractivity (Wildman–Crippen MR) is 306 cm³/mol. The third kappa shape index (κ3) is 6.60. The van der Waals surface area contributed by atoms with Gasteiger partial charge in [-0.05, 0) is 155 Å². The lowest BCUT2D eigenvalue weighted by molar-refractivity contribution is 0.590. The largest absolute Gasteiger partial charge is 0.311 e. The highest BCUT2D eigenvalue weighted by Crippen LogP contribution is 2.51. The van der Waals surface area contributed by atoms with Crippen LogP contribution in [0.2, 0.25) is 0 Å². The van der Waals surface area contributed by atoms with Crippen molar-refractivity contribution in [1.82, 2.24) is 0 Å². The van der Waals surface area contributed by atoms with Gasteiger partial charge < -0.3 is 9.80 Å². The van der Waals surface area contributed by atoms with E-state index in [2.05, 4.69) is 252 Å². The van der Waals surface area contributed by atoms with Crippen molar-refractivity contribution in [2.24, 2.45) is 0 Å². The Balaban J connectivity index is 1.12. The SMILES string of the molecule is CCc1ccc(N2c3cccc4c3B(c3ccc(-c5ccccc5)cc3N4c3ccc(C(C)(C)C)cc3-c3ccc4c5ccccc5c5ccccc5c4c3)c3sc4ccc(C(C)(C)C)cc4c32)cc1. The Labute approximate surface area is 416 Å². The topological polar surface area (TPSA) is 6.48 Å². The van der Waals surface area contributed by atoms with E-state index in [0.717, 1.165) is 6.42 Å². The minimum atomic E-state index is -0.0669. The summed E-state index contributed by atoms with van der Waals surface area (Å²) in [6, 6.07) is 74.2. The lowest BCUT2D eigenvalue weighted by Gasteiger charge is -2.43. The molecule has 0 atom stereocenters. The average Bonchev–Trinajstić information content (AvgIpc) is 3.77. The summed E-state index contributed by atoms with van der Waals surface area (Å²) in [4.78, 5) is 5.22. The van der Waals surface area contributed by atoms with Gasteiger partial charge in [-0.25, -0.2) is 0 Å². The quantitative estimate of drug-likeness (QED) is 0.125. The number of fused-ring (bicyclic) bond motifs is 12. The number of nitrogens with zero attached hydrogens (tertiary/aromatic N) is 2. The highest BCUT2D eigenvalue weighted by molar-refractivity contribution is 7.33. The van der Waals surface area contributed by atoms with Gasteiger partial charge in [0.1, 0.15) is 0 Å². The fourth-order valence-electron chi connectivity index (χ4n) is 11.6. The highest BCUT2D eigenvalue weighted by Gasteiger charge is 2.45. The van der Waals surface area contributed by atoms with E-state index in [4.69, 9.17) is 0 Å². The van der Waals surface area contributed by atoms with Crippen LogP contribution in [-0.2, 0) is 17.3 Å². The van der Waals surface area contributed by atoms with Crippen LogP contribution in [0.5, 0.6) is 0 Å². The molecule has 0 amide bonds. The summed E-state index contributed by atoms with van der Waals surface area (Å²) in [5.74, 6) is 0. The summed E-state index contributed by atoms with van der Waals surface area (Å²) in [5.41, 5.74) is 18.8. The monoisotopic (exact) mass is 918 g/mol. The van der Waals surface area contributed by atoms with Crippen LogP contribution < -0.4 is 25.5 Å². The summed E-state index contributed by atoms with van der Waals surface area (Å²) in [5, 5.41) is 9.03. The highest BCUT2D eigenvalue weighted by atomic mass is 32.1. The third-order valence-corrected chi connectivity index (χ3v) is 16.5. The van der Waals surface area contributed by atoms with Gasteiger partial charge in [-0.3, -0.25) is 0 Å². The predicted octanol–water partition coefficient (Wildman–Crippen LogP) is 16.9. The molecule has 0 spiro atoms. The summed E-state index contributed by atoms with van der Waals surface area (Å²) in [6.07, 6.45) is 1.00. The molecule has 0 saturated heterocycles. The molecule has 1 aromatic heterocycles. The van der Waals surface area contributed by atoms with Crippen molar-refractivity contribution in [3.05, 3.63) is 211 Å². The molecule has 13 rings (SSSR count). The van der Waals surface area contributed by atoms with Crippen LogP contribution >= 0.6 is 11.3 Å². The maximum absolute atomic E-state index is 2.62. The van der Waals surface area contributed by atoms with Gasteiger partial charge in [0.05, 0.1) is 11.4 Å². The molecule has 338 valence electrons. The maximum atomic E-state index is 2.62. The molecule has 3 heterocycles. The van der Waals surface area contributed by atoms with Gasteiger partial charge in [0.25, 0.3) is 6.71 Å². The number of hydrogen-bond acceptors (Lipinski definition) is 3. The van der Waals surface area contributed by atoms with Crippen LogP contribution in [0.3, 0.4) is 0 Å².